The third kappa shape index (κ3) is 4.96. The predicted molar refractivity (Wildman–Crippen MR) is 123 cm³/mol. The van der Waals surface area contributed by atoms with Gasteiger partial charge in [0.1, 0.15) is 11.6 Å². The number of aliphatic imine (C=N–C) groups is 1. The molecule has 0 aromatic heterocycles. The Morgan fingerprint density at radius 2 is 1.79 bits per heavy atom. The second-order valence-corrected chi connectivity index (χ2v) is 7.07. The summed E-state index contributed by atoms with van der Waals surface area (Å²) >= 11 is 0. The van der Waals surface area contributed by atoms with E-state index in [1.165, 1.54) is 31.4 Å². The van der Waals surface area contributed by atoms with E-state index in [4.69, 9.17) is 18.9 Å². The molecule has 0 atom stereocenters. The van der Waals surface area contributed by atoms with Crippen molar-refractivity contribution < 1.29 is 32.9 Å². The average Bonchev–Trinajstić information content (AvgIpc) is 3.21. The maximum Gasteiger partial charge on any atom is 0.363 e. The number of methoxy groups -OCH3 is 1. The molecule has 0 unspecified atom stereocenters. The zero-order chi connectivity index (χ0) is 24.1. The summed E-state index contributed by atoms with van der Waals surface area (Å²) in [7, 11) is 1.52. The third-order valence-corrected chi connectivity index (χ3v) is 4.81. The van der Waals surface area contributed by atoms with Crippen LogP contribution in [-0.2, 0) is 9.53 Å². The van der Waals surface area contributed by atoms with Gasteiger partial charge in [0.15, 0.2) is 17.2 Å². The molecular weight excluding hydrogens is 441 g/mol. The van der Waals surface area contributed by atoms with Gasteiger partial charge in [-0.05, 0) is 67.1 Å². The molecule has 34 heavy (non-hydrogen) atoms. The second kappa shape index (κ2) is 9.99. The number of rotatable bonds is 7. The summed E-state index contributed by atoms with van der Waals surface area (Å²) in [5, 5.41) is 0. The third-order valence-electron chi connectivity index (χ3n) is 4.81. The zero-order valence-corrected chi connectivity index (χ0v) is 18.4. The monoisotopic (exact) mass is 461 g/mol. The summed E-state index contributed by atoms with van der Waals surface area (Å²) in [5.74, 6) is -0.558. The molecule has 0 N–H and O–H groups in total. The van der Waals surface area contributed by atoms with E-state index >= 15 is 0 Å². The number of para-hydroxylation sites is 1. The maximum absolute atomic E-state index is 13.1. The van der Waals surface area contributed by atoms with Gasteiger partial charge in [0.25, 0.3) is 0 Å². The molecule has 7 nitrogen and oxygen atoms in total. The van der Waals surface area contributed by atoms with Crippen LogP contribution in [0.1, 0.15) is 28.4 Å². The molecule has 1 aliphatic rings. The Balaban J connectivity index is 1.60. The highest BCUT2D eigenvalue weighted by Gasteiger charge is 2.26. The van der Waals surface area contributed by atoms with Gasteiger partial charge in [-0.25, -0.2) is 19.0 Å². The number of ether oxygens (including phenoxy) is 4. The lowest BCUT2D eigenvalue weighted by atomic mass is 10.1. The predicted octanol–water partition coefficient (Wildman–Crippen LogP) is 4.80. The molecule has 0 saturated heterocycles. The van der Waals surface area contributed by atoms with Crippen molar-refractivity contribution >= 4 is 23.9 Å². The van der Waals surface area contributed by atoms with Gasteiger partial charge in [0.05, 0.1) is 24.8 Å². The molecule has 3 aromatic rings. The first kappa shape index (κ1) is 22.7. The number of hydrogen-bond acceptors (Lipinski definition) is 7. The quantitative estimate of drug-likeness (QED) is 0.286. The average molecular weight is 461 g/mol. The van der Waals surface area contributed by atoms with Crippen molar-refractivity contribution in [1.29, 1.82) is 0 Å². The van der Waals surface area contributed by atoms with Gasteiger partial charge in [-0.1, -0.05) is 18.2 Å². The molecule has 0 aliphatic carbocycles. The molecule has 172 valence electrons. The maximum atomic E-state index is 13.1. The van der Waals surface area contributed by atoms with E-state index in [1.807, 2.05) is 0 Å². The first-order chi connectivity index (χ1) is 16.5. The number of halogens is 1. The Morgan fingerprint density at radius 1 is 1.03 bits per heavy atom. The smallest absolute Gasteiger partial charge is 0.363 e. The fraction of sp³-hybridized carbons (Fsp3) is 0.115. The number of esters is 2. The number of nitrogens with zero attached hydrogens (tertiary/aromatic N) is 1. The molecule has 0 saturated carbocycles. The van der Waals surface area contributed by atoms with Crippen molar-refractivity contribution in [3.05, 3.63) is 94.9 Å². The van der Waals surface area contributed by atoms with Crippen LogP contribution in [0.15, 0.2) is 77.4 Å². The number of carbonyl (C=O) groups excluding carboxylic acids is 2. The molecule has 0 radical (unpaired) electrons. The molecule has 1 aliphatic heterocycles. The lowest BCUT2D eigenvalue weighted by Crippen LogP contribution is -2.09. The summed E-state index contributed by atoms with van der Waals surface area (Å²) in [6, 6.07) is 16.9. The van der Waals surface area contributed by atoms with Crippen LogP contribution in [0.5, 0.6) is 17.2 Å². The van der Waals surface area contributed by atoms with E-state index in [0.29, 0.717) is 29.2 Å². The van der Waals surface area contributed by atoms with Crippen molar-refractivity contribution in [2.24, 2.45) is 4.99 Å². The van der Waals surface area contributed by atoms with Crippen LogP contribution in [0.3, 0.4) is 0 Å². The zero-order valence-electron chi connectivity index (χ0n) is 18.4. The van der Waals surface area contributed by atoms with Gasteiger partial charge >= 0.3 is 11.9 Å². The van der Waals surface area contributed by atoms with E-state index in [2.05, 4.69) is 4.99 Å². The van der Waals surface area contributed by atoms with Crippen molar-refractivity contribution in [3.63, 3.8) is 0 Å². The lowest BCUT2D eigenvalue weighted by Gasteiger charge is -2.11. The SMILES string of the molecule is CCOc1cc(/C=C2/N=C(c3ccccc3OC)OC2=O)ccc1OC(=O)c1ccc(F)cc1. The van der Waals surface area contributed by atoms with E-state index < -0.39 is 17.8 Å². The van der Waals surface area contributed by atoms with Gasteiger partial charge in [-0.2, -0.15) is 0 Å². The van der Waals surface area contributed by atoms with Gasteiger partial charge < -0.3 is 18.9 Å². The summed E-state index contributed by atoms with van der Waals surface area (Å²) < 4.78 is 34.8. The van der Waals surface area contributed by atoms with Crippen LogP contribution in [0.4, 0.5) is 4.39 Å². The van der Waals surface area contributed by atoms with Crippen molar-refractivity contribution in [2.75, 3.05) is 13.7 Å². The molecule has 0 spiro atoms. The summed E-state index contributed by atoms with van der Waals surface area (Å²) in [6.45, 7) is 2.11. The molecule has 1 heterocycles. The Labute approximate surface area is 195 Å². The van der Waals surface area contributed by atoms with Crippen molar-refractivity contribution in [2.45, 2.75) is 6.92 Å². The first-order valence-electron chi connectivity index (χ1n) is 10.4. The highest BCUT2D eigenvalue weighted by Crippen LogP contribution is 2.31. The highest BCUT2D eigenvalue weighted by molar-refractivity contribution is 6.13. The molecule has 0 fully saturated rings. The fourth-order valence-electron chi connectivity index (χ4n) is 3.22. The van der Waals surface area contributed by atoms with Crippen molar-refractivity contribution in [1.82, 2.24) is 0 Å². The van der Waals surface area contributed by atoms with Gasteiger partial charge in [0, 0.05) is 0 Å². The Kier molecular flexibility index (Phi) is 6.68. The minimum absolute atomic E-state index is 0.0967. The lowest BCUT2D eigenvalue weighted by molar-refractivity contribution is -0.129. The Morgan fingerprint density at radius 3 is 2.53 bits per heavy atom. The first-order valence-corrected chi connectivity index (χ1v) is 10.4. The van der Waals surface area contributed by atoms with Crippen LogP contribution in [0, 0.1) is 5.82 Å². The standard InChI is InChI=1S/C26H20FNO6/c1-3-32-23-15-16(8-13-22(23)33-25(29)17-9-11-18(27)12-10-17)14-20-26(30)34-24(28-20)19-6-4-5-7-21(19)31-2/h4-15H,3H2,1-2H3/b20-14+. The van der Waals surface area contributed by atoms with Crippen LogP contribution in [0.2, 0.25) is 0 Å². The summed E-state index contributed by atoms with van der Waals surface area (Å²) in [6.07, 6.45) is 1.54. The number of benzene rings is 3. The highest BCUT2D eigenvalue weighted by atomic mass is 19.1. The van der Waals surface area contributed by atoms with Crippen molar-refractivity contribution in [3.8, 4) is 17.2 Å². The van der Waals surface area contributed by atoms with Crippen LogP contribution < -0.4 is 14.2 Å². The van der Waals surface area contributed by atoms with E-state index in [0.717, 1.165) is 0 Å². The molecular formula is C26H20FNO6. The summed E-state index contributed by atoms with van der Waals surface area (Å²) in [4.78, 5) is 29.1. The van der Waals surface area contributed by atoms with Gasteiger partial charge in [0.2, 0.25) is 5.90 Å². The second-order valence-electron chi connectivity index (χ2n) is 7.07. The molecule has 8 heteroatoms. The fourth-order valence-corrected chi connectivity index (χ4v) is 3.22. The number of carbonyl (C=O) groups is 2. The van der Waals surface area contributed by atoms with E-state index in [9.17, 15) is 14.0 Å². The minimum Gasteiger partial charge on any atom is -0.496 e. The number of hydrogen-bond donors (Lipinski definition) is 0. The topological polar surface area (TPSA) is 83.4 Å². The van der Waals surface area contributed by atoms with Crippen LogP contribution >= 0.6 is 0 Å². The Bertz CT molecular complexity index is 1300. The molecule has 3 aromatic carbocycles. The van der Waals surface area contributed by atoms with Crippen LogP contribution in [-0.4, -0.2) is 31.6 Å². The van der Waals surface area contributed by atoms with Gasteiger partial charge in [-0.15, -0.1) is 0 Å². The van der Waals surface area contributed by atoms with Crippen LogP contribution in [0.25, 0.3) is 6.08 Å². The normalized spacial score (nSPS) is 13.9. The minimum atomic E-state index is -0.655. The van der Waals surface area contributed by atoms with E-state index in [-0.39, 0.29) is 22.9 Å². The van der Waals surface area contributed by atoms with Gasteiger partial charge in [-0.3, -0.25) is 0 Å². The largest absolute Gasteiger partial charge is 0.496 e. The number of cyclic esters (lactones) is 1. The summed E-state index contributed by atoms with van der Waals surface area (Å²) in [5.41, 5.74) is 1.43. The molecule has 4 rings (SSSR count). The van der Waals surface area contributed by atoms with E-state index in [1.54, 1.807) is 55.5 Å². The molecule has 0 bridgehead atoms. The Hall–Kier alpha value is -4.46. The molecule has 0 amide bonds.